The topological polar surface area (TPSA) is 66.8 Å². The molecule has 5 nitrogen and oxygen atoms in total. The van der Waals surface area contributed by atoms with Crippen LogP contribution in [0.15, 0.2) is 30.3 Å². The van der Waals surface area contributed by atoms with Crippen LogP contribution in [-0.4, -0.2) is 41.1 Å². The van der Waals surface area contributed by atoms with Crippen molar-refractivity contribution in [2.45, 2.75) is 65.1 Å². The molecule has 1 rings (SSSR count). The van der Waals surface area contributed by atoms with Gasteiger partial charge in [-0.2, -0.15) is 0 Å². The maximum atomic E-state index is 12.7. The molecule has 0 aliphatic carbocycles. The van der Waals surface area contributed by atoms with Crippen molar-refractivity contribution in [3.63, 3.8) is 0 Å². The van der Waals surface area contributed by atoms with Crippen molar-refractivity contribution < 1.29 is 19.4 Å². The molecule has 0 fully saturated rings. The number of carbonyl (C=O) groups is 2. The molecule has 1 aromatic rings. The number of aliphatic carboxylic acids is 1. The van der Waals surface area contributed by atoms with Gasteiger partial charge in [-0.3, -0.25) is 9.69 Å². The number of carboxylic acids is 1. The van der Waals surface area contributed by atoms with E-state index < -0.39 is 24.1 Å². The van der Waals surface area contributed by atoms with Gasteiger partial charge in [0.2, 0.25) is 0 Å². The van der Waals surface area contributed by atoms with Gasteiger partial charge in [0.05, 0.1) is 0 Å². The summed E-state index contributed by atoms with van der Waals surface area (Å²) in [6.07, 6.45) is 1.69. The summed E-state index contributed by atoms with van der Waals surface area (Å²) in [6.45, 7) is 6.61. The molecule has 0 radical (unpaired) electrons. The second-order valence-corrected chi connectivity index (χ2v) is 6.64. The normalized spacial score (nSPS) is 14.8. The number of hydrogen-bond donors (Lipinski definition) is 1. The zero-order valence-electron chi connectivity index (χ0n) is 15.8. The lowest BCUT2D eigenvalue weighted by Gasteiger charge is -2.31. The van der Waals surface area contributed by atoms with Gasteiger partial charge in [-0.1, -0.05) is 63.9 Å². The Morgan fingerprint density at radius 1 is 1.20 bits per heavy atom. The molecular weight excluding hydrogens is 318 g/mol. The molecule has 0 aliphatic heterocycles. The second-order valence-electron chi connectivity index (χ2n) is 6.64. The molecule has 0 amide bonds. The third-order valence-electron chi connectivity index (χ3n) is 4.53. The largest absolute Gasteiger partial charge is 0.479 e. The number of ether oxygens (including phenoxy) is 1. The van der Waals surface area contributed by atoms with E-state index in [1.165, 1.54) is 0 Å². The summed E-state index contributed by atoms with van der Waals surface area (Å²) < 4.78 is 5.38. The number of hydrogen-bond acceptors (Lipinski definition) is 4. The molecule has 140 valence electrons. The number of esters is 1. The zero-order chi connectivity index (χ0) is 18.8. The lowest BCUT2D eigenvalue weighted by molar-refractivity contribution is -0.169. The lowest BCUT2D eigenvalue weighted by Crippen LogP contribution is -2.45. The van der Waals surface area contributed by atoms with Crippen molar-refractivity contribution >= 4 is 11.9 Å². The van der Waals surface area contributed by atoms with E-state index in [1.807, 2.05) is 63.1 Å². The Balaban J connectivity index is 2.85. The van der Waals surface area contributed by atoms with Crippen LogP contribution in [0.3, 0.4) is 0 Å². The fourth-order valence-electron chi connectivity index (χ4n) is 2.87. The van der Waals surface area contributed by atoms with Gasteiger partial charge in [0.15, 0.2) is 6.10 Å². The number of benzene rings is 1. The van der Waals surface area contributed by atoms with Gasteiger partial charge in [-0.15, -0.1) is 0 Å². The van der Waals surface area contributed by atoms with Crippen LogP contribution in [0.1, 0.15) is 52.0 Å². The van der Waals surface area contributed by atoms with Crippen molar-refractivity contribution in [2.75, 3.05) is 7.05 Å². The summed E-state index contributed by atoms with van der Waals surface area (Å²) in [5.74, 6) is -1.45. The molecule has 0 aromatic heterocycles. The smallest absolute Gasteiger partial charge is 0.345 e. The average Bonchev–Trinajstić information content (AvgIpc) is 2.59. The van der Waals surface area contributed by atoms with E-state index in [0.717, 1.165) is 24.8 Å². The van der Waals surface area contributed by atoms with E-state index in [1.54, 1.807) is 0 Å². The monoisotopic (exact) mass is 349 g/mol. The lowest BCUT2D eigenvalue weighted by atomic mass is 9.97. The minimum Gasteiger partial charge on any atom is -0.479 e. The number of unbranched alkanes of at least 4 members (excludes halogenated alkanes) is 1. The zero-order valence-corrected chi connectivity index (χ0v) is 15.8. The van der Waals surface area contributed by atoms with E-state index in [-0.39, 0.29) is 5.92 Å². The maximum Gasteiger partial charge on any atom is 0.345 e. The fraction of sp³-hybridized carbons (Fsp3) is 0.600. The quantitative estimate of drug-likeness (QED) is 0.617. The van der Waals surface area contributed by atoms with Crippen LogP contribution in [-0.2, 0) is 20.9 Å². The standard InChI is InChI=1S/C20H31NO4/c1-5-7-13-17(19(22)23)25-20(24)18(15(3)6-2)21(4)14-16-11-9-8-10-12-16/h8-12,15,17-18H,5-7,13-14H2,1-4H3,(H,22,23)/t15-,17-,18-/m0/s1. The van der Waals surface area contributed by atoms with Gasteiger partial charge >= 0.3 is 11.9 Å². The highest BCUT2D eigenvalue weighted by Crippen LogP contribution is 2.19. The molecule has 0 heterocycles. The van der Waals surface area contributed by atoms with Crippen molar-refractivity contribution in [3.8, 4) is 0 Å². The Bertz CT molecular complexity index is 532. The highest BCUT2D eigenvalue weighted by Gasteiger charge is 2.33. The SMILES string of the molecule is CCCC[C@H](OC(=O)[C@H]([C@@H](C)CC)N(C)Cc1ccccc1)C(=O)O. The Morgan fingerprint density at radius 2 is 1.84 bits per heavy atom. The first-order chi connectivity index (χ1) is 11.9. The van der Waals surface area contributed by atoms with E-state index in [9.17, 15) is 14.7 Å². The molecule has 0 aliphatic rings. The number of carbonyl (C=O) groups excluding carboxylic acids is 1. The first-order valence-electron chi connectivity index (χ1n) is 9.08. The van der Waals surface area contributed by atoms with Crippen LogP contribution in [0.5, 0.6) is 0 Å². The van der Waals surface area contributed by atoms with E-state index in [4.69, 9.17) is 4.74 Å². The Kier molecular flexibility index (Phi) is 9.21. The molecule has 0 bridgehead atoms. The van der Waals surface area contributed by atoms with Gasteiger partial charge < -0.3 is 9.84 Å². The minimum absolute atomic E-state index is 0.0711. The first-order valence-corrected chi connectivity index (χ1v) is 9.08. The van der Waals surface area contributed by atoms with Crippen LogP contribution >= 0.6 is 0 Å². The van der Waals surface area contributed by atoms with E-state index in [0.29, 0.717) is 13.0 Å². The summed E-state index contributed by atoms with van der Waals surface area (Å²) >= 11 is 0. The van der Waals surface area contributed by atoms with Gasteiger partial charge in [-0.25, -0.2) is 4.79 Å². The van der Waals surface area contributed by atoms with Gasteiger partial charge in [0.25, 0.3) is 0 Å². The molecular formula is C20H31NO4. The third-order valence-corrected chi connectivity index (χ3v) is 4.53. The van der Waals surface area contributed by atoms with Gasteiger partial charge in [0, 0.05) is 6.54 Å². The van der Waals surface area contributed by atoms with Gasteiger partial charge in [0.1, 0.15) is 6.04 Å². The molecule has 3 atom stereocenters. The van der Waals surface area contributed by atoms with Crippen molar-refractivity contribution in [1.29, 1.82) is 0 Å². The fourth-order valence-corrected chi connectivity index (χ4v) is 2.87. The molecule has 0 unspecified atom stereocenters. The molecule has 1 N–H and O–H groups in total. The molecule has 25 heavy (non-hydrogen) atoms. The number of likely N-dealkylation sites (N-methyl/N-ethyl adjacent to an activating group) is 1. The highest BCUT2D eigenvalue weighted by molar-refractivity contribution is 5.81. The van der Waals surface area contributed by atoms with Crippen LogP contribution in [0, 0.1) is 5.92 Å². The second kappa shape index (κ2) is 10.9. The highest BCUT2D eigenvalue weighted by atomic mass is 16.6. The average molecular weight is 349 g/mol. The summed E-state index contributed by atoms with van der Waals surface area (Å²) in [5, 5.41) is 9.31. The van der Waals surface area contributed by atoms with Crippen molar-refractivity contribution in [2.24, 2.45) is 5.92 Å². The van der Waals surface area contributed by atoms with Crippen LogP contribution in [0.2, 0.25) is 0 Å². The van der Waals surface area contributed by atoms with Crippen molar-refractivity contribution in [1.82, 2.24) is 4.90 Å². The van der Waals surface area contributed by atoms with Crippen LogP contribution in [0.25, 0.3) is 0 Å². The third kappa shape index (κ3) is 6.86. The molecule has 0 saturated heterocycles. The van der Waals surface area contributed by atoms with Crippen LogP contribution < -0.4 is 0 Å². The number of rotatable bonds is 11. The molecule has 1 aromatic carbocycles. The minimum atomic E-state index is -1.07. The molecule has 5 heteroatoms. The Hall–Kier alpha value is -1.88. The summed E-state index contributed by atoms with van der Waals surface area (Å²) in [6, 6.07) is 9.44. The number of nitrogens with zero attached hydrogens (tertiary/aromatic N) is 1. The van der Waals surface area contributed by atoms with Gasteiger partial charge in [-0.05, 0) is 31.4 Å². The van der Waals surface area contributed by atoms with E-state index >= 15 is 0 Å². The summed E-state index contributed by atoms with van der Waals surface area (Å²) in [4.78, 5) is 26.0. The predicted octanol–water partition coefficient (Wildman–Crippen LogP) is 3.72. The maximum absolute atomic E-state index is 12.7. The number of carboxylic acid groups (broad SMARTS) is 1. The Labute approximate surface area is 151 Å². The summed E-state index contributed by atoms with van der Waals surface area (Å²) in [5.41, 5.74) is 1.10. The predicted molar refractivity (Wildman–Crippen MR) is 98.2 cm³/mol. The van der Waals surface area contributed by atoms with Crippen LogP contribution in [0.4, 0.5) is 0 Å². The van der Waals surface area contributed by atoms with Crippen molar-refractivity contribution in [3.05, 3.63) is 35.9 Å². The molecule has 0 spiro atoms. The summed E-state index contributed by atoms with van der Waals surface area (Å²) in [7, 11) is 1.88. The van der Waals surface area contributed by atoms with E-state index in [2.05, 4.69) is 0 Å². The Morgan fingerprint density at radius 3 is 2.36 bits per heavy atom. The molecule has 0 saturated carbocycles. The first kappa shape index (κ1) is 21.2.